The highest BCUT2D eigenvalue weighted by Crippen LogP contribution is 2.84. The van der Waals surface area contributed by atoms with Crippen molar-refractivity contribution in [2.24, 2.45) is 28.6 Å². The molecule has 7 heteroatoms. The highest BCUT2D eigenvalue weighted by atomic mass is 16.5. The largest absolute Gasteiger partial charge is 0.383 e. The van der Waals surface area contributed by atoms with Gasteiger partial charge in [-0.15, -0.1) is 0 Å². The van der Waals surface area contributed by atoms with Gasteiger partial charge in [-0.2, -0.15) is 0 Å². The molecule has 1 N–H and O–H groups in total. The number of hydrogen-bond donors (Lipinski definition) is 1. The zero-order chi connectivity index (χ0) is 23.0. The molecular formula is C26H34N4O3. The second-order valence-corrected chi connectivity index (χ2v) is 11.4. The van der Waals surface area contributed by atoms with Gasteiger partial charge in [0.25, 0.3) is 5.91 Å². The summed E-state index contributed by atoms with van der Waals surface area (Å²) in [7, 11) is 1.63. The fraction of sp³-hybridized carbons (Fsp3) is 0.654. The Kier molecular flexibility index (Phi) is 4.67. The van der Waals surface area contributed by atoms with Crippen LogP contribution < -0.4 is 5.32 Å². The molecule has 176 valence electrons. The maximum Gasteiger partial charge on any atom is 0.274 e. The van der Waals surface area contributed by atoms with Crippen LogP contribution in [-0.4, -0.2) is 52.4 Å². The van der Waals surface area contributed by atoms with E-state index in [1.807, 2.05) is 36.4 Å². The minimum Gasteiger partial charge on any atom is -0.383 e. The molecule has 2 bridgehead atoms. The number of fused-ring (bicyclic) bond motifs is 3. The van der Waals surface area contributed by atoms with Crippen molar-refractivity contribution in [1.29, 1.82) is 0 Å². The number of ether oxygens (including phenoxy) is 1. The number of methoxy groups -OCH3 is 1. The molecule has 0 saturated heterocycles. The average molecular weight is 451 g/mol. The fourth-order valence-electron chi connectivity index (χ4n) is 7.54. The Hall–Kier alpha value is -2.41. The molecule has 7 nitrogen and oxygen atoms in total. The molecule has 4 aliphatic carbocycles. The van der Waals surface area contributed by atoms with Crippen LogP contribution in [0.3, 0.4) is 0 Å². The first-order valence-electron chi connectivity index (χ1n) is 12.4. The third-order valence-electron chi connectivity index (χ3n) is 8.95. The maximum atomic E-state index is 13.2. The summed E-state index contributed by atoms with van der Waals surface area (Å²) in [6.07, 6.45) is 8.92. The number of aromatic nitrogens is 2. The van der Waals surface area contributed by atoms with E-state index in [0.29, 0.717) is 42.1 Å². The van der Waals surface area contributed by atoms with Gasteiger partial charge < -0.3 is 15.0 Å². The zero-order valence-corrected chi connectivity index (χ0v) is 19.8. The monoisotopic (exact) mass is 450 g/mol. The number of carbonyl (C=O) groups is 2. The third-order valence-corrected chi connectivity index (χ3v) is 8.95. The van der Waals surface area contributed by atoms with Gasteiger partial charge in [0.1, 0.15) is 17.2 Å². The summed E-state index contributed by atoms with van der Waals surface area (Å²) >= 11 is 0. The number of carbonyl (C=O) groups excluding carboxylic acids is 2. The van der Waals surface area contributed by atoms with Crippen molar-refractivity contribution < 1.29 is 14.3 Å². The van der Waals surface area contributed by atoms with Gasteiger partial charge in [-0.05, 0) is 86.7 Å². The van der Waals surface area contributed by atoms with E-state index < -0.39 is 0 Å². The summed E-state index contributed by atoms with van der Waals surface area (Å²) in [5.74, 6) is 3.38. The molecule has 2 aromatic rings. The molecule has 0 aromatic carbocycles. The van der Waals surface area contributed by atoms with Crippen LogP contribution in [0.2, 0.25) is 0 Å². The first kappa shape index (κ1) is 21.1. The number of amides is 2. The Morgan fingerprint density at radius 3 is 2.94 bits per heavy atom. The van der Waals surface area contributed by atoms with Crippen molar-refractivity contribution in [2.75, 3.05) is 25.6 Å². The van der Waals surface area contributed by atoms with E-state index in [0.717, 1.165) is 17.8 Å². The predicted molar refractivity (Wildman–Crippen MR) is 125 cm³/mol. The van der Waals surface area contributed by atoms with E-state index in [-0.39, 0.29) is 23.3 Å². The quantitative estimate of drug-likeness (QED) is 0.660. The number of hydrogen-bond acceptors (Lipinski definition) is 4. The summed E-state index contributed by atoms with van der Waals surface area (Å²) in [6, 6.07) is 5.67. The topological polar surface area (TPSA) is 75.9 Å². The summed E-state index contributed by atoms with van der Waals surface area (Å²) in [5, 5.41) is 3.14. The summed E-state index contributed by atoms with van der Waals surface area (Å²) in [6.45, 7) is 4.96. The number of pyridine rings is 1. The first-order valence-corrected chi connectivity index (χ1v) is 12.4. The molecule has 0 aliphatic heterocycles. The Morgan fingerprint density at radius 2 is 2.15 bits per heavy atom. The van der Waals surface area contributed by atoms with E-state index in [9.17, 15) is 9.59 Å². The van der Waals surface area contributed by atoms with Crippen molar-refractivity contribution in [3.63, 3.8) is 0 Å². The van der Waals surface area contributed by atoms with E-state index in [4.69, 9.17) is 4.74 Å². The van der Waals surface area contributed by atoms with Crippen LogP contribution in [0.25, 0.3) is 5.65 Å². The van der Waals surface area contributed by atoms with Crippen LogP contribution >= 0.6 is 0 Å². The SMILES string of the molecule is COCCN(C(=O)c1cn2c(NC(=O)CC34CC5CC5C5(CC5C3)C4)cccc2n1)C(C)C. The zero-order valence-electron chi connectivity index (χ0n) is 19.8. The van der Waals surface area contributed by atoms with Gasteiger partial charge >= 0.3 is 0 Å². The van der Waals surface area contributed by atoms with Gasteiger partial charge in [-0.3, -0.25) is 14.0 Å². The number of anilines is 1. The fourth-order valence-corrected chi connectivity index (χ4v) is 7.54. The third kappa shape index (κ3) is 3.38. The molecule has 6 rings (SSSR count). The second-order valence-electron chi connectivity index (χ2n) is 11.4. The number of nitrogens with zero attached hydrogens (tertiary/aromatic N) is 3. The van der Waals surface area contributed by atoms with Crippen molar-refractivity contribution in [3.8, 4) is 0 Å². The highest BCUT2D eigenvalue weighted by Gasteiger charge is 2.76. The van der Waals surface area contributed by atoms with Gasteiger partial charge in [0.05, 0.1) is 6.61 Å². The van der Waals surface area contributed by atoms with Gasteiger partial charge in [-0.25, -0.2) is 4.98 Å². The second kappa shape index (κ2) is 7.29. The van der Waals surface area contributed by atoms with E-state index in [1.165, 1.54) is 32.1 Å². The van der Waals surface area contributed by atoms with Crippen LogP contribution in [0.1, 0.15) is 62.9 Å². The van der Waals surface area contributed by atoms with Gasteiger partial charge in [0, 0.05) is 32.3 Å². The first-order chi connectivity index (χ1) is 15.8. The van der Waals surface area contributed by atoms with Crippen LogP contribution in [-0.2, 0) is 9.53 Å². The summed E-state index contributed by atoms with van der Waals surface area (Å²) < 4.78 is 6.99. The van der Waals surface area contributed by atoms with E-state index in [1.54, 1.807) is 18.2 Å². The van der Waals surface area contributed by atoms with Crippen molar-refractivity contribution in [1.82, 2.24) is 14.3 Å². The number of rotatable bonds is 8. The van der Waals surface area contributed by atoms with Crippen LogP contribution in [0.4, 0.5) is 5.82 Å². The lowest BCUT2D eigenvalue weighted by atomic mass is 9.69. The van der Waals surface area contributed by atoms with E-state index >= 15 is 0 Å². The maximum absolute atomic E-state index is 13.2. The van der Waals surface area contributed by atoms with Crippen molar-refractivity contribution in [2.45, 2.75) is 58.4 Å². The predicted octanol–water partition coefficient (Wildman–Crippen LogP) is 3.99. The molecule has 4 aliphatic rings. The Labute approximate surface area is 194 Å². The van der Waals surface area contributed by atoms with Crippen LogP contribution in [0.15, 0.2) is 24.4 Å². The molecule has 0 radical (unpaired) electrons. The van der Waals surface area contributed by atoms with Gasteiger partial charge in [0.2, 0.25) is 5.91 Å². The lowest BCUT2D eigenvalue weighted by Gasteiger charge is -2.35. The van der Waals surface area contributed by atoms with Crippen molar-refractivity contribution in [3.05, 3.63) is 30.1 Å². The average Bonchev–Trinajstić information content (AvgIpc) is 3.59. The Bertz CT molecular complexity index is 1120. The van der Waals surface area contributed by atoms with Crippen molar-refractivity contribution >= 4 is 23.3 Å². The minimum absolute atomic E-state index is 0.0402. The van der Waals surface area contributed by atoms with Crippen LogP contribution in [0, 0.1) is 28.6 Å². The molecule has 2 amide bonds. The lowest BCUT2D eigenvalue weighted by molar-refractivity contribution is -0.119. The molecular weight excluding hydrogens is 416 g/mol. The smallest absolute Gasteiger partial charge is 0.274 e. The molecule has 1 spiro atoms. The number of nitrogens with one attached hydrogen (secondary N) is 1. The van der Waals surface area contributed by atoms with Crippen LogP contribution in [0.5, 0.6) is 0 Å². The molecule has 33 heavy (non-hydrogen) atoms. The molecule has 5 atom stereocenters. The van der Waals surface area contributed by atoms with Gasteiger partial charge in [-0.1, -0.05) is 6.07 Å². The molecule has 2 heterocycles. The molecule has 4 fully saturated rings. The highest BCUT2D eigenvalue weighted by molar-refractivity contribution is 5.94. The minimum atomic E-state index is -0.126. The normalized spacial score (nSPS) is 33.0. The molecule has 2 aromatic heterocycles. The Morgan fingerprint density at radius 1 is 1.30 bits per heavy atom. The van der Waals surface area contributed by atoms with E-state index in [2.05, 4.69) is 10.3 Å². The summed E-state index contributed by atoms with van der Waals surface area (Å²) in [4.78, 5) is 32.6. The molecule has 4 saturated carbocycles. The summed E-state index contributed by atoms with van der Waals surface area (Å²) in [5.41, 5.74) is 1.87. The standard InChI is InChI=1S/C26H34N4O3/c1-16(2)29(7-8-33-3)24(32)20-14-30-21(27-20)5-4-6-22(30)28-23(31)13-25-10-17-9-19(17)26(15-25)12-18(26)11-25/h4-6,14,16-19H,7-13,15H2,1-3H3,(H,28,31). The van der Waals surface area contributed by atoms with Gasteiger partial charge in [0.15, 0.2) is 0 Å². The lowest BCUT2D eigenvalue weighted by Crippen LogP contribution is -2.39. The molecule has 5 unspecified atom stereocenters. The Balaban J connectivity index is 1.19. The number of imidazole rings is 1.